The van der Waals surface area contributed by atoms with Crippen LogP contribution in [0.1, 0.15) is 22.1 Å². The van der Waals surface area contributed by atoms with E-state index in [4.69, 9.17) is 4.74 Å². The van der Waals surface area contributed by atoms with E-state index in [1.807, 2.05) is 29.2 Å². The molecule has 24 heavy (non-hydrogen) atoms. The minimum absolute atomic E-state index is 0. The normalized spacial score (nSPS) is 16.5. The number of ether oxygens (including phenoxy) is 1. The first-order valence-electron chi connectivity index (χ1n) is 7.22. The van der Waals surface area contributed by atoms with Gasteiger partial charge < -0.3 is 15.0 Å². The van der Waals surface area contributed by atoms with Crippen molar-refractivity contribution in [1.29, 1.82) is 0 Å². The van der Waals surface area contributed by atoms with Crippen LogP contribution >= 0.6 is 24.8 Å². The van der Waals surface area contributed by atoms with Crippen molar-refractivity contribution in [3.63, 3.8) is 0 Å². The van der Waals surface area contributed by atoms with Crippen molar-refractivity contribution in [2.75, 3.05) is 26.7 Å². The fourth-order valence-electron chi connectivity index (χ4n) is 2.72. The van der Waals surface area contributed by atoms with Crippen LogP contribution in [0.4, 0.5) is 0 Å². The lowest BCUT2D eigenvalue weighted by Gasteiger charge is -2.36. The Morgan fingerprint density at radius 1 is 1.29 bits per heavy atom. The Morgan fingerprint density at radius 2 is 2.08 bits per heavy atom. The molecule has 0 bridgehead atoms. The van der Waals surface area contributed by atoms with Gasteiger partial charge in [0.15, 0.2) is 0 Å². The molecule has 2 aromatic rings. The summed E-state index contributed by atoms with van der Waals surface area (Å²) >= 11 is 0. The topological polar surface area (TPSA) is 67.3 Å². The van der Waals surface area contributed by atoms with Crippen molar-refractivity contribution >= 4 is 30.7 Å². The summed E-state index contributed by atoms with van der Waals surface area (Å²) in [6, 6.07) is 7.70. The Bertz CT molecular complexity index is 658. The molecule has 1 aliphatic heterocycles. The molecule has 1 saturated heterocycles. The van der Waals surface area contributed by atoms with E-state index in [2.05, 4.69) is 15.3 Å². The molecule has 130 valence electrons. The van der Waals surface area contributed by atoms with Crippen LogP contribution in [0.15, 0.2) is 42.9 Å². The first-order chi connectivity index (χ1) is 10.8. The average molecular weight is 371 g/mol. The molecule has 1 aromatic carbocycles. The molecule has 1 fully saturated rings. The summed E-state index contributed by atoms with van der Waals surface area (Å²) < 4.78 is 5.44. The van der Waals surface area contributed by atoms with Crippen molar-refractivity contribution in [1.82, 2.24) is 20.2 Å². The molecule has 1 unspecified atom stereocenters. The number of hydrogen-bond acceptors (Lipinski definition) is 5. The molecule has 3 rings (SSSR count). The number of halogens is 2. The van der Waals surface area contributed by atoms with Crippen LogP contribution in [-0.4, -0.2) is 47.5 Å². The van der Waals surface area contributed by atoms with Crippen molar-refractivity contribution in [2.45, 2.75) is 6.04 Å². The highest BCUT2D eigenvalue weighted by Crippen LogP contribution is 2.30. The number of aromatic nitrogens is 2. The van der Waals surface area contributed by atoms with Gasteiger partial charge in [-0.15, -0.1) is 24.8 Å². The smallest absolute Gasteiger partial charge is 0.274 e. The first-order valence-corrected chi connectivity index (χ1v) is 7.22. The second-order valence-corrected chi connectivity index (χ2v) is 5.05. The van der Waals surface area contributed by atoms with E-state index in [9.17, 15) is 4.79 Å². The monoisotopic (exact) mass is 370 g/mol. The van der Waals surface area contributed by atoms with Crippen molar-refractivity contribution in [2.24, 2.45) is 0 Å². The Balaban J connectivity index is 0.00000144. The van der Waals surface area contributed by atoms with Crippen LogP contribution < -0.4 is 10.1 Å². The van der Waals surface area contributed by atoms with Crippen LogP contribution in [-0.2, 0) is 0 Å². The molecule has 0 aliphatic carbocycles. The number of nitrogens with one attached hydrogen (secondary N) is 1. The van der Waals surface area contributed by atoms with Crippen LogP contribution in [0.5, 0.6) is 5.75 Å². The maximum Gasteiger partial charge on any atom is 0.274 e. The largest absolute Gasteiger partial charge is 0.496 e. The predicted molar refractivity (Wildman–Crippen MR) is 96.2 cm³/mol. The fourth-order valence-corrected chi connectivity index (χ4v) is 2.72. The van der Waals surface area contributed by atoms with Gasteiger partial charge in [-0.3, -0.25) is 9.78 Å². The second-order valence-electron chi connectivity index (χ2n) is 5.05. The van der Waals surface area contributed by atoms with Gasteiger partial charge in [0.05, 0.1) is 19.3 Å². The number of hydrogen-bond donors (Lipinski definition) is 1. The first kappa shape index (κ1) is 20.2. The van der Waals surface area contributed by atoms with Crippen LogP contribution in [0.2, 0.25) is 0 Å². The molecular formula is C16H20Cl2N4O2. The molecule has 1 aliphatic rings. The molecule has 1 atom stereocenters. The summed E-state index contributed by atoms with van der Waals surface area (Å²) in [4.78, 5) is 22.7. The third-order valence-electron chi connectivity index (χ3n) is 3.78. The number of methoxy groups -OCH3 is 1. The van der Waals surface area contributed by atoms with E-state index in [1.54, 1.807) is 13.3 Å². The van der Waals surface area contributed by atoms with E-state index in [-0.39, 0.29) is 36.8 Å². The van der Waals surface area contributed by atoms with Gasteiger partial charge in [-0.1, -0.05) is 18.2 Å². The number of para-hydroxylation sites is 1. The summed E-state index contributed by atoms with van der Waals surface area (Å²) in [5.41, 5.74) is 1.36. The number of amides is 1. The van der Waals surface area contributed by atoms with Gasteiger partial charge in [-0.25, -0.2) is 4.98 Å². The quantitative estimate of drug-likeness (QED) is 0.895. The van der Waals surface area contributed by atoms with Crippen LogP contribution in [0.3, 0.4) is 0 Å². The number of piperazine rings is 1. The van der Waals surface area contributed by atoms with E-state index in [1.165, 1.54) is 12.4 Å². The molecule has 1 N–H and O–H groups in total. The standard InChI is InChI=1S/C16H18N4O2.2ClH/c1-22-15-5-3-2-4-12(15)14-11-18-8-9-20(14)16(21)13-10-17-6-7-19-13;;/h2-7,10,14,18H,8-9,11H2,1H3;2*1H. The van der Waals surface area contributed by atoms with Crippen molar-refractivity contribution in [3.05, 3.63) is 54.1 Å². The maximum absolute atomic E-state index is 12.7. The minimum atomic E-state index is -0.106. The van der Waals surface area contributed by atoms with Crippen LogP contribution in [0.25, 0.3) is 0 Å². The summed E-state index contributed by atoms with van der Waals surface area (Å²) in [5, 5.41) is 3.34. The summed E-state index contributed by atoms with van der Waals surface area (Å²) in [7, 11) is 1.64. The molecule has 0 spiro atoms. The number of benzene rings is 1. The zero-order chi connectivity index (χ0) is 15.4. The van der Waals surface area contributed by atoms with Crippen LogP contribution in [0, 0.1) is 0 Å². The van der Waals surface area contributed by atoms with Gasteiger partial charge in [0.25, 0.3) is 5.91 Å². The molecule has 0 saturated carbocycles. The van der Waals surface area contributed by atoms with Gasteiger partial charge in [0.1, 0.15) is 11.4 Å². The van der Waals surface area contributed by atoms with E-state index >= 15 is 0 Å². The fraction of sp³-hybridized carbons (Fsp3) is 0.312. The third kappa shape index (κ3) is 4.14. The number of carbonyl (C=O) groups excluding carboxylic acids is 1. The molecule has 6 nitrogen and oxygen atoms in total. The molecule has 1 aromatic heterocycles. The zero-order valence-corrected chi connectivity index (χ0v) is 14.8. The van der Waals surface area contributed by atoms with E-state index in [0.29, 0.717) is 18.8 Å². The lowest BCUT2D eigenvalue weighted by molar-refractivity contribution is 0.0625. The Morgan fingerprint density at radius 3 is 2.79 bits per heavy atom. The number of rotatable bonds is 3. The van der Waals surface area contributed by atoms with Gasteiger partial charge in [-0.2, -0.15) is 0 Å². The van der Waals surface area contributed by atoms with E-state index < -0.39 is 0 Å². The predicted octanol–water partition coefficient (Wildman–Crippen LogP) is 2.12. The van der Waals surface area contributed by atoms with Gasteiger partial charge in [0, 0.05) is 37.6 Å². The van der Waals surface area contributed by atoms with Gasteiger partial charge >= 0.3 is 0 Å². The Hall–Kier alpha value is -1.89. The lowest BCUT2D eigenvalue weighted by Crippen LogP contribution is -2.49. The summed E-state index contributed by atoms with van der Waals surface area (Å²) in [6.45, 7) is 2.07. The average Bonchev–Trinajstić information content (AvgIpc) is 2.62. The highest BCUT2D eigenvalue weighted by Gasteiger charge is 2.30. The highest BCUT2D eigenvalue weighted by atomic mass is 35.5. The van der Waals surface area contributed by atoms with E-state index in [0.717, 1.165) is 17.9 Å². The molecular weight excluding hydrogens is 351 g/mol. The molecule has 2 heterocycles. The zero-order valence-electron chi connectivity index (χ0n) is 13.2. The Kier molecular flexibility index (Phi) is 7.91. The molecule has 0 radical (unpaired) electrons. The second kappa shape index (κ2) is 9.42. The number of nitrogens with zero attached hydrogens (tertiary/aromatic N) is 3. The summed E-state index contributed by atoms with van der Waals surface area (Å²) in [5.74, 6) is 0.679. The third-order valence-corrected chi connectivity index (χ3v) is 3.78. The van der Waals surface area contributed by atoms with Gasteiger partial charge in [0.2, 0.25) is 0 Å². The molecule has 8 heteroatoms. The lowest BCUT2D eigenvalue weighted by atomic mass is 10.0. The highest BCUT2D eigenvalue weighted by molar-refractivity contribution is 5.92. The molecule has 1 amide bonds. The SMILES string of the molecule is COc1ccccc1C1CNCCN1C(=O)c1cnccn1.Cl.Cl. The number of carbonyl (C=O) groups is 1. The van der Waals surface area contributed by atoms with Gasteiger partial charge in [-0.05, 0) is 6.07 Å². The Labute approximate surface area is 153 Å². The summed E-state index contributed by atoms with van der Waals surface area (Å²) in [6.07, 6.45) is 4.60. The minimum Gasteiger partial charge on any atom is -0.496 e. The van der Waals surface area contributed by atoms with Crippen molar-refractivity contribution in [3.8, 4) is 5.75 Å². The van der Waals surface area contributed by atoms with Crippen molar-refractivity contribution < 1.29 is 9.53 Å². The maximum atomic E-state index is 12.7.